The van der Waals surface area contributed by atoms with Crippen LogP contribution in [0.15, 0.2) is 48.5 Å². The molecule has 0 spiro atoms. The summed E-state index contributed by atoms with van der Waals surface area (Å²) < 4.78 is 40.9. The van der Waals surface area contributed by atoms with Gasteiger partial charge >= 0.3 is 6.18 Å². The molecule has 156 valence electrons. The van der Waals surface area contributed by atoms with E-state index in [4.69, 9.17) is 11.6 Å². The third-order valence-corrected chi connectivity index (χ3v) is 5.32. The summed E-state index contributed by atoms with van der Waals surface area (Å²) in [6.45, 7) is 4.01. The molecule has 1 heterocycles. The fourth-order valence-electron chi connectivity index (χ4n) is 3.74. The van der Waals surface area contributed by atoms with Crippen molar-refractivity contribution in [2.24, 2.45) is 5.41 Å². The molecule has 8 heteroatoms. The van der Waals surface area contributed by atoms with Crippen molar-refractivity contribution in [3.8, 4) is 5.69 Å². The maximum absolute atomic E-state index is 13.1. The number of nitrogens with one attached hydrogen (secondary N) is 1. The number of hydrogen-bond acceptors (Lipinski definition) is 3. The second-order valence-electron chi connectivity index (χ2n) is 8.20. The van der Waals surface area contributed by atoms with Crippen molar-refractivity contribution in [2.75, 3.05) is 5.32 Å². The first-order valence-corrected chi connectivity index (χ1v) is 9.77. The van der Waals surface area contributed by atoms with Gasteiger partial charge in [0, 0.05) is 17.1 Å². The average molecular weight is 434 g/mol. The number of alkyl halides is 3. The summed E-state index contributed by atoms with van der Waals surface area (Å²) in [6, 6.07) is 11.9. The zero-order valence-corrected chi connectivity index (χ0v) is 17.1. The van der Waals surface area contributed by atoms with Crippen LogP contribution in [0.3, 0.4) is 0 Å². The normalized spacial score (nSPS) is 15.7. The fraction of sp³-hybridized carbons (Fsp3) is 0.273. The number of aromatic nitrogens is 2. The Morgan fingerprint density at radius 3 is 2.47 bits per heavy atom. The highest BCUT2D eigenvalue weighted by atomic mass is 35.5. The molecule has 0 radical (unpaired) electrons. The largest absolute Gasteiger partial charge is 0.416 e. The first-order valence-electron chi connectivity index (χ1n) is 9.39. The number of rotatable bonds is 3. The van der Waals surface area contributed by atoms with Gasteiger partial charge in [0.15, 0.2) is 11.6 Å². The molecule has 0 saturated carbocycles. The summed E-state index contributed by atoms with van der Waals surface area (Å²) in [5.74, 6) is 0.163. The number of anilines is 2. The molecule has 0 amide bonds. The van der Waals surface area contributed by atoms with Gasteiger partial charge in [0.1, 0.15) is 0 Å². The van der Waals surface area contributed by atoms with E-state index >= 15 is 0 Å². The maximum Gasteiger partial charge on any atom is 0.416 e. The van der Waals surface area contributed by atoms with Crippen LogP contribution in [0.5, 0.6) is 0 Å². The van der Waals surface area contributed by atoms with Crippen LogP contribution >= 0.6 is 11.6 Å². The number of carbonyl (C=O) groups is 1. The van der Waals surface area contributed by atoms with E-state index in [1.54, 1.807) is 28.9 Å². The Labute approximate surface area is 176 Å². The Balaban J connectivity index is 1.81. The number of benzene rings is 2. The molecule has 0 aliphatic heterocycles. The van der Waals surface area contributed by atoms with E-state index in [1.165, 1.54) is 12.1 Å². The minimum Gasteiger partial charge on any atom is -0.338 e. The highest BCUT2D eigenvalue weighted by Crippen LogP contribution is 2.40. The van der Waals surface area contributed by atoms with Crippen molar-refractivity contribution in [3.05, 3.63) is 70.4 Å². The molecule has 1 aliphatic rings. The second-order valence-corrected chi connectivity index (χ2v) is 8.64. The van der Waals surface area contributed by atoms with Crippen molar-refractivity contribution >= 4 is 28.9 Å². The Kier molecular flexibility index (Phi) is 4.89. The highest BCUT2D eigenvalue weighted by Gasteiger charge is 2.37. The number of fused-ring (bicyclic) bond motifs is 1. The molecule has 4 nitrogen and oxygen atoms in total. The SMILES string of the molecule is CC1(C)CC(=O)c2c(Nc3cccc(C(F)(F)F)c3)nn(-c3ccc(Cl)cc3)c2C1. The standard InChI is InChI=1S/C22H19ClF3N3O/c1-21(2)11-17-19(18(30)12-21)20(28-29(17)16-8-6-14(23)7-9-16)27-15-5-3-4-13(10-15)22(24,25)26/h3-10H,11-12H2,1-2H3,(H,27,28). The van der Waals surface area contributed by atoms with Crippen LogP contribution in [-0.2, 0) is 12.6 Å². The summed E-state index contributed by atoms with van der Waals surface area (Å²) in [6.07, 6.45) is -3.52. The monoisotopic (exact) mass is 433 g/mol. The molecule has 1 aliphatic carbocycles. The Bertz CT molecular complexity index is 1120. The molecule has 30 heavy (non-hydrogen) atoms. The highest BCUT2D eigenvalue weighted by molar-refractivity contribution is 6.30. The third-order valence-electron chi connectivity index (χ3n) is 5.07. The van der Waals surface area contributed by atoms with Crippen molar-refractivity contribution < 1.29 is 18.0 Å². The van der Waals surface area contributed by atoms with E-state index in [9.17, 15) is 18.0 Å². The van der Waals surface area contributed by atoms with Gasteiger partial charge in [-0.2, -0.15) is 13.2 Å². The van der Waals surface area contributed by atoms with Crippen LogP contribution in [0.1, 0.15) is 41.9 Å². The third kappa shape index (κ3) is 3.94. The van der Waals surface area contributed by atoms with Gasteiger partial charge in [0.25, 0.3) is 0 Å². The van der Waals surface area contributed by atoms with E-state index in [2.05, 4.69) is 10.4 Å². The lowest BCUT2D eigenvalue weighted by Gasteiger charge is -2.29. The van der Waals surface area contributed by atoms with Gasteiger partial charge in [-0.1, -0.05) is 31.5 Å². The van der Waals surface area contributed by atoms with Crippen LogP contribution in [-0.4, -0.2) is 15.6 Å². The lowest BCUT2D eigenvalue weighted by atomic mass is 9.76. The fourth-order valence-corrected chi connectivity index (χ4v) is 3.87. The molecule has 0 fully saturated rings. The van der Waals surface area contributed by atoms with Gasteiger partial charge in [0.2, 0.25) is 0 Å². The maximum atomic E-state index is 13.1. The molecule has 0 atom stereocenters. The topological polar surface area (TPSA) is 46.9 Å². The van der Waals surface area contributed by atoms with Crippen LogP contribution in [0.2, 0.25) is 5.02 Å². The van der Waals surface area contributed by atoms with Crippen LogP contribution in [0.25, 0.3) is 5.69 Å². The Hall–Kier alpha value is -2.80. The van der Waals surface area contributed by atoms with Crippen molar-refractivity contribution in [1.82, 2.24) is 9.78 Å². The first kappa shape index (κ1) is 20.5. The predicted molar refractivity (Wildman–Crippen MR) is 110 cm³/mol. The minimum absolute atomic E-state index is 0.0871. The lowest BCUT2D eigenvalue weighted by molar-refractivity contribution is -0.137. The van der Waals surface area contributed by atoms with Crippen LogP contribution in [0, 0.1) is 5.41 Å². The molecule has 3 aromatic rings. The molecule has 4 rings (SSSR count). The van der Waals surface area contributed by atoms with E-state index in [-0.39, 0.29) is 22.7 Å². The van der Waals surface area contributed by atoms with Gasteiger partial charge in [-0.3, -0.25) is 4.79 Å². The van der Waals surface area contributed by atoms with E-state index < -0.39 is 11.7 Å². The Morgan fingerprint density at radius 1 is 1.10 bits per heavy atom. The van der Waals surface area contributed by atoms with Gasteiger partial charge in [-0.05, 0) is 54.3 Å². The van der Waals surface area contributed by atoms with Crippen molar-refractivity contribution in [3.63, 3.8) is 0 Å². The summed E-state index contributed by atoms with van der Waals surface area (Å²) in [5.41, 5.74) is 1.06. The Morgan fingerprint density at radius 2 is 1.80 bits per heavy atom. The molecular weight excluding hydrogens is 415 g/mol. The van der Waals surface area contributed by atoms with Crippen molar-refractivity contribution in [2.45, 2.75) is 32.9 Å². The second kappa shape index (κ2) is 7.16. The quantitative estimate of drug-likeness (QED) is 0.516. The number of nitrogens with zero attached hydrogens (tertiary/aromatic N) is 2. The summed E-state index contributed by atoms with van der Waals surface area (Å²) >= 11 is 5.99. The number of carbonyl (C=O) groups excluding carboxylic acids is 1. The average Bonchev–Trinajstić information content (AvgIpc) is 2.99. The molecule has 1 aromatic heterocycles. The molecule has 0 bridgehead atoms. The molecule has 0 unspecified atom stereocenters. The number of Topliss-reactive ketones (excluding diaryl/α,β-unsaturated/α-hetero) is 1. The van der Waals surface area contributed by atoms with Gasteiger partial charge in [0.05, 0.1) is 22.5 Å². The van der Waals surface area contributed by atoms with Gasteiger partial charge in [-0.25, -0.2) is 4.68 Å². The summed E-state index contributed by atoms with van der Waals surface area (Å²) in [4.78, 5) is 12.9. The predicted octanol–water partition coefficient (Wildman–Crippen LogP) is 6.44. The smallest absolute Gasteiger partial charge is 0.338 e. The summed E-state index contributed by atoms with van der Waals surface area (Å²) in [5, 5.41) is 8.05. The number of halogens is 4. The van der Waals surface area contributed by atoms with E-state index in [0.717, 1.165) is 23.5 Å². The zero-order chi connectivity index (χ0) is 21.7. The number of ketones is 1. The molecule has 2 aromatic carbocycles. The molecule has 0 saturated heterocycles. The minimum atomic E-state index is -4.46. The van der Waals surface area contributed by atoms with Gasteiger partial charge < -0.3 is 5.32 Å². The number of hydrogen-bond donors (Lipinski definition) is 1. The first-order chi connectivity index (χ1) is 14.0. The van der Waals surface area contributed by atoms with Crippen LogP contribution < -0.4 is 5.32 Å². The van der Waals surface area contributed by atoms with Gasteiger partial charge in [-0.15, -0.1) is 5.10 Å². The van der Waals surface area contributed by atoms with Crippen molar-refractivity contribution in [1.29, 1.82) is 0 Å². The van der Waals surface area contributed by atoms with E-state index in [0.29, 0.717) is 23.4 Å². The molecular formula is C22H19ClF3N3O. The van der Waals surface area contributed by atoms with E-state index in [1.807, 2.05) is 13.8 Å². The zero-order valence-electron chi connectivity index (χ0n) is 16.3. The lowest BCUT2D eigenvalue weighted by Crippen LogP contribution is -2.28. The molecule has 1 N–H and O–H groups in total. The van der Waals surface area contributed by atoms with Crippen LogP contribution in [0.4, 0.5) is 24.7 Å². The summed E-state index contributed by atoms with van der Waals surface area (Å²) in [7, 11) is 0.